The number of fused-ring (bicyclic) bond motifs is 4. The quantitative estimate of drug-likeness (QED) is 0.0786. The molecule has 57 heavy (non-hydrogen) atoms. The van der Waals surface area contributed by atoms with Crippen molar-refractivity contribution in [1.82, 2.24) is 0 Å². The third kappa shape index (κ3) is 7.09. The van der Waals surface area contributed by atoms with Gasteiger partial charge in [0.05, 0.1) is 51.7 Å². The summed E-state index contributed by atoms with van der Waals surface area (Å²) in [6.45, 7) is 0. The van der Waals surface area contributed by atoms with E-state index in [1.54, 1.807) is 30.3 Å². The second-order valence-corrected chi connectivity index (χ2v) is 12.6. The van der Waals surface area contributed by atoms with Gasteiger partial charge in [-0.15, -0.1) is 0 Å². The number of phenols is 2. The van der Waals surface area contributed by atoms with Gasteiger partial charge in [0, 0.05) is 5.56 Å². The van der Waals surface area contributed by atoms with Crippen molar-refractivity contribution in [3.8, 4) is 34.5 Å². The highest BCUT2D eigenvalue weighted by atomic mass is 19.1. The fraction of sp³-hybridized carbons (Fsp3) is 0.0870. The molecule has 0 saturated carbocycles. The van der Waals surface area contributed by atoms with Crippen molar-refractivity contribution in [3.05, 3.63) is 144 Å². The molecule has 286 valence electrons. The average molecular weight is 767 g/mol. The van der Waals surface area contributed by atoms with E-state index in [0.29, 0.717) is 16.4 Å². The van der Waals surface area contributed by atoms with Gasteiger partial charge in [-0.2, -0.15) is 0 Å². The molecular formula is C46H35FO10. The van der Waals surface area contributed by atoms with E-state index in [1.807, 2.05) is 30.3 Å². The monoisotopic (exact) mass is 766 g/mol. The molecule has 6 aromatic carbocycles. The Kier molecular flexibility index (Phi) is 10.6. The zero-order valence-electron chi connectivity index (χ0n) is 31.2. The summed E-state index contributed by atoms with van der Waals surface area (Å²) in [5.74, 6) is -1.60. The predicted octanol–water partition coefficient (Wildman–Crippen LogP) is 10.5. The fourth-order valence-electron chi connectivity index (χ4n) is 6.69. The number of phenolic OH excluding ortho intramolecular Hbond substituents is 2. The number of ketones is 2. The second-order valence-electron chi connectivity index (χ2n) is 12.6. The Balaban J connectivity index is 0.000000180. The molecule has 2 N–H and O–H groups in total. The van der Waals surface area contributed by atoms with Gasteiger partial charge in [0.15, 0.2) is 34.2 Å². The van der Waals surface area contributed by atoms with Crippen LogP contribution in [0.3, 0.4) is 0 Å². The van der Waals surface area contributed by atoms with E-state index < -0.39 is 23.1 Å². The Morgan fingerprint density at radius 3 is 1.56 bits per heavy atom. The lowest BCUT2D eigenvalue weighted by atomic mass is 10.0. The van der Waals surface area contributed by atoms with Crippen molar-refractivity contribution in [2.24, 2.45) is 0 Å². The number of hydrogen-bond donors (Lipinski definition) is 2. The highest BCUT2D eigenvalue weighted by Gasteiger charge is 2.27. The number of aromatic hydroxyl groups is 2. The number of carbonyl (C=O) groups is 2. The molecule has 0 aliphatic carbocycles. The maximum Gasteiger partial charge on any atom is 0.205 e. The first-order valence-corrected chi connectivity index (χ1v) is 17.5. The van der Waals surface area contributed by atoms with Gasteiger partial charge in [-0.05, 0) is 81.7 Å². The summed E-state index contributed by atoms with van der Waals surface area (Å²) in [6, 6.07) is 27.8. The average Bonchev–Trinajstić information content (AvgIpc) is 3.92. The van der Waals surface area contributed by atoms with Crippen LogP contribution in [0.1, 0.15) is 31.8 Å². The van der Waals surface area contributed by atoms with Gasteiger partial charge in [-0.1, -0.05) is 60.7 Å². The number of furan rings is 2. The zero-order chi connectivity index (χ0) is 40.2. The molecular weight excluding hydrogens is 731 g/mol. The van der Waals surface area contributed by atoms with E-state index >= 15 is 0 Å². The third-order valence-electron chi connectivity index (χ3n) is 9.37. The maximum absolute atomic E-state index is 13.7. The summed E-state index contributed by atoms with van der Waals surface area (Å²) in [6.07, 6.45) is 8.51. The molecule has 0 amide bonds. The molecule has 0 aliphatic rings. The number of allylic oxidation sites excluding steroid dienone is 2. The van der Waals surface area contributed by atoms with Crippen LogP contribution in [0.4, 0.5) is 4.39 Å². The van der Waals surface area contributed by atoms with Crippen molar-refractivity contribution in [2.45, 2.75) is 0 Å². The molecule has 8 rings (SSSR count). The Morgan fingerprint density at radius 2 is 1.04 bits per heavy atom. The van der Waals surface area contributed by atoms with Crippen LogP contribution >= 0.6 is 0 Å². The Hall–Kier alpha value is -7.53. The van der Waals surface area contributed by atoms with Gasteiger partial charge in [0.25, 0.3) is 0 Å². The molecule has 0 atom stereocenters. The number of hydrogen-bond acceptors (Lipinski definition) is 10. The summed E-state index contributed by atoms with van der Waals surface area (Å²) in [5.41, 5.74) is 1.67. The molecule has 0 aliphatic heterocycles. The maximum atomic E-state index is 13.7. The van der Waals surface area contributed by atoms with E-state index in [9.17, 15) is 24.2 Å². The summed E-state index contributed by atoms with van der Waals surface area (Å²) in [4.78, 5) is 25.7. The highest BCUT2D eigenvalue weighted by molar-refractivity contribution is 6.16. The molecule has 2 heterocycles. The molecule has 8 aromatic rings. The van der Waals surface area contributed by atoms with E-state index in [4.69, 9.17) is 27.8 Å². The van der Waals surface area contributed by atoms with Crippen molar-refractivity contribution in [3.63, 3.8) is 0 Å². The molecule has 0 radical (unpaired) electrons. The minimum atomic E-state index is -0.556. The molecule has 11 heteroatoms. The smallest absolute Gasteiger partial charge is 0.205 e. The van der Waals surface area contributed by atoms with Gasteiger partial charge in [0.1, 0.15) is 28.4 Å². The molecule has 0 saturated heterocycles. The van der Waals surface area contributed by atoms with E-state index in [1.165, 1.54) is 76.7 Å². The summed E-state index contributed by atoms with van der Waals surface area (Å²) in [5, 5.41) is 26.7. The minimum Gasteiger partial charge on any atom is -0.504 e. The van der Waals surface area contributed by atoms with Crippen LogP contribution in [-0.2, 0) is 0 Å². The van der Waals surface area contributed by atoms with Crippen LogP contribution in [0.2, 0.25) is 0 Å². The van der Waals surface area contributed by atoms with Gasteiger partial charge < -0.3 is 38.0 Å². The third-order valence-corrected chi connectivity index (χ3v) is 9.37. The number of carbonyl (C=O) groups excluding carboxylic acids is 2. The van der Waals surface area contributed by atoms with E-state index in [2.05, 4.69) is 24.3 Å². The molecule has 0 fully saturated rings. The number of benzene rings is 6. The normalized spacial score (nSPS) is 11.4. The fourth-order valence-corrected chi connectivity index (χ4v) is 6.69. The Bertz CT molecular complexity index is 2880. The zero-order valence-corrected chi connectivity index (χ0v) is 31.2. The van der Waals surface area contributed by atoms with Crippen molar-refractivity contribution >= 4 is 67.2 Å². The molecule has 0 unspecified atom stereocenters. The highest BCUT2D eigenvalue weighted by Crippen LogP contribution is 2.47. The lowest BCUT2D eigenvalue weighted by Crippen LogP contribution is -2.02. The Morgan fingerprint density at radius 1 is 0.561 bits per heavy atom. The van der Waals surface area contributed by atoms with Crippen LogP contribution in [-0.4, -0.2) is 50.2 Å². The molecule has 0 spiro atoms. The minimum absolute atomic E-state index is 0.0290. The topological polar surface area (TPSA) is 138 Å². The van der Waals surface area contributed by atoms with Crippen molar-refractivity contribution in [2.75, 3.05) is 28.4 Å². The first kappa shape index (κ1) is 37.8. The summed E-state index contributed by atoms with van der Waals surface area (Å²) in [7, 11) is 5.59. The first-order valence-electron chi connectivity index (χ1n) is 17.5. The van der Waals surface area contributed by atoms with Gasteiger partial charge in [-0.25, -0.2) is 4.39 Å². The van der Waals surface area contributed by atoms with Crippen LogP contribution in [0.5, 0.6) is 34.5 Å². The van der Waals surface area contributed by atoms with Crippen LogP contribution in [0.25, 0.3) is 55.6 Å². The van der Waals surface area contributed by atoms with Gasteiger partial charge >= 0.3 is 0 Å². The lowest BCUT2D eigenvalue weighted by molar-refractivity contribution is 0.103. The molecule has 2 aromatic heterocycles. The lowest BCUT2D eigenvalue weighted by Gasteiger charge is -2.13. The van der Waals surface area contributed by atoms with Crippen molar-refractivity contribution < 1.29 is 52.0 Å². The SMILES string of the molecule is COc1c(C(=O)/C=C/c2ccc3cc4ccccc4cc3c2)c(O)c(OC)c2occc12.COc1c(C(=O)/C=C/c2ccccc2F)c(O)c(OC)c2occc12. The largest absolute Gasteiger partial charge is 0.504 e. The van der Waals surface area contributed by atoms with E-state index in [-0.39, 0.29) is 51.0 Å². The summed E-state index contributed by atoms with van der Waals surface area (Å²) < 4.78 is 45.5. The first-order chi connectivity index (χ1) is 27.7. The second kappa shape index (κ2) is 16.1. The molecule has 10 nitrogen and oxygen atoms in total. The van der Waals surface area contributed by atoms with E-state index in [0.717, 1.165) is 21.7 Å². The van der Waals surface area contributed by atoms with Crippen LogP contribution in [0, 0.1) is 5.82 Å². The number of ether oxygens (including phenoxy) is 4. The number of methoxy groups -OCH3 is 4. The van der Waals surface area contributed by atoms with Gasteiger partial charge in [-0.3, -0.25) is 9.59 Å². The van der Waals surface area contributed by atoms with Crippen LogP contribution < -0.4 is 18.9 Å². The van der Waals surface area contributed by atoms with Crippen LogP contribution in [0.15, 0.2) is 125 Å². The van der Waals surface area contributed by atoms with Crippen molar-refractivity contribution in [1.29, 1.82) is 0 Å². The molecule has 0 bridgehead atoms. The van der Waals surface area contributed by atoms with Gasteiger partial charge in [0.2, 0.25) is 11.5 Å². The number of halogens is 1. The Labute approximate surface area is 325 Å². The standard InChI is InChI=1S/C27H20O5.C19H15FO5/c1-30-25-21-11-12-32-26(21)27(31-2)24(29)23(25)22(28)10-8-16-7-9-19-14-17-5-3-4-6-18(17)15-20(19)13-16;1-23-17-12-9-10-25-18(12)19(24-2)16(22)15(17)14(21)8-7-11-5-3-4-6-13(11)20/h3-15,29H,1-2H3;3-10,22H,1-2H3/b10-8+;8-7+. The number of rotatable bonds is 10. The summed E-state index contributed by atoms with van der Waals surface area (Å²) >= 11 is 0. The predicted molar refractivity (Wildman–Crippen MR) is 217 cm³/mol.